The van der Waals surface area contributed by atoms with Crippen LogP contribution >= 0.6 is 0 Å². The van der Waals surface area contributed by atoms with Gasteiger partial charge in [0.2, 0.25) is 0 Å². The van der Waals surface area contributed by atoms with Crippen LogP contribution in [0, 0.1) is 5.92 Å². The predicted molar refractivity (Wildman–Crippen MR) is 111 cm³/mol. The molecule has 2 rings (SSSR count). The monoisotopic (exact) mass is 368 g/mol. The van der Waals surface area contributed by atoms with Gasteiger partial charge >= 0.3 is 0 Å². The molecular formula is C23H32N2O2. The Bertz CT molecular complexity index is 666. The Morgan fingerprint density at radius 3 is 2.33 bits per heavy atom. The maximum absolute atomic E-state index is 5.80. The average Bonchev–Trinajstić information content (AvgIpc) is 2.72. The summed E-state index contributed by atoms with van der Waals surface area (Å²) in [5.74, 6) is 2.83. The van der Waals surface area contributed by atoms with Crippen LogP contribution in [0.2, 0.25) is 0 Å². The molecule has 1 aromatic carbocycles. The van der Waals surface area contributed by atoms with Gasteiger partial charge in [-0.1, -0.05) is 39.3 Å². The second kappa shape index (κ2) is 12.1. The standard InChI is InChI=1S/C23H32N2O2/c1-4-6-7-8-9-10-15-26-21-13-11-20(12-14-21)23-24-16-22(17-25-23)27-18-19(3)5-2/h6-7,11-14,16-17,19H,4-5,8-10,15,18H2,1-3H3/b7-6-/t19-/m0/s1. The van der Waals surface area contributed by atoms with Gasteiger partial charge in [0.25, 0.3) is 0 Å². The number of allylic oxidation sites excluding steroid dienone is 2. The van der Waals surface area contributed by atoms with Crippen molar-refractivity contribution in [1.29, 1.82) is 0 Å². The third kappa shape index (κ3) is 7.81. The Labute approximate surface area is 163 Å². The van der Waals surface area contributed by atoms with Crippen LogP contribution in [0.3, 0.4) is 0 Å². The van der Waals surface area contributed by atoms with Crippen molar-refractivity contribution >= 4 is 0 Å². The average molecular weight is 369 g/mol. The predicted octanol–water partition coefficient (Wildman–Crippen LogP) is 6.08. The summed E-state index contributed by atoms with van der Waals surface area (Å²) in [6.45, 7) is 7.93. The smallest absolute Gasteiger partial charge is 0.159 e. The third-order valence-electron chi connectivity index (χ3n) is 4.41. The summed E-state index contributed by atoms with van der Waals surface area (Å²) in [6.07, 6.45) is 13.5. The molecule has 4 nitrogen and oxygen atoms in total. The lowest BCUT2D eigenvalue weighted by Gasteiger charge is -2.10. The highest BCUT2D eigenvalue weighted by atomic mass is 16.5. The molecule has 0 saturated heterocycles. The van der Waals surface area contributed by atoms with Gasteiger partial charge in [-0.25, -0.2) is 9.97 Å². The number of nitrogens with zero attached hydrogens (tertiary/aromatic N) is 2. The molecule has 0 radical (unpaired) electrons. The molecule has 0 unspecified atom stereocenters. The van der Waals surface area contributed by atoms with Crippen molar-refractivity contribution in [2.45, 2.75) is 52.9 Å². The second-order valence-corrected chi connectivity index (χ2v) is 6.82. The number of aromatic nitrogens is 2. The van der Waals surface area contributed by atoms with E-state index in [0.717, 1.165) is 50.0 Å². The molecule has 0 aliphatic rings. The van der Waals surface area contributed by atoms with E-state index in [9.17, 15) is 0 Å². The molecule has 2 aromatic rings. The van der Waals surface area contributed by atoms with Crippen molar-refractivity contribution in [2.75, 3.05) is 13.2 Å². The van der Waals surface area contributed by atoms with Crippen LogP contribution in [0.1, 0.15) is 52.9 Å². The minimum Gasteiger partial charge on any atom is -0.494 e. The fraction of sp³-hybridized carbons (Fsp3) is 0.478. The molecule has 0 aliphatic heterocycles. The summed E-state index contributed by atoms with van der Waals surface area (Å²) >= 11 is 0. The van der Waals surface area contributed by atoms with Gasteiger partial charge in [-0.2, -0.15) is 0 Å². The first-order chi connectivity index (χ1) is 13.2. The van der Waals surface area contributed by atoms with Gasteiger partial charge in [-0.15, -0.1) is 0 Å². The first kappa shape index (κ1) is 20.9. The lowest BCUT2D eigenvalue weighted by Crippen LogP contribution is -2.07. The zero-order valence-corrected chi connectivity index (χ0v) is 16.9. The maximum atomic E-state index is 5.80. The number of benzene rings is 1. The van der Waals surface area contributed by atoms with Crippen molar-refractivity contribution in [1.82, 2.24) is 9.97 Å². The number of unbranched alkanes of at least 4 members (excludes halogenated alkanes) is 2. The van der Waals surface area contributed by atoms with E-state index in [0.29, 0.717) is 24.1 Å². The normalized spacial score (nSPS) is 12.3. The summed E-state index contributed by atoms with van der Waals surface area (Å²) in [5, 5.41) is 0. The van der Waals surface area contributed by atoms with Crippen LogP contribution in [-0.2, 0) is 0 Å². The summed E-state index contributed by atoms with van der Waals surface area (Å²) in [7, 11) is 0. The van der Waals surface area contributed by atoms with Crippen LogP contribution < -0.4 is 9.47 Å². The Hall–Kier alpha value is -2.36. The molecule has 146 valence electrons. The summed E-state index contributed by atoms with van der Waals surface area (Å²) in [4.78, 5) is 8.82. The van der Waals surface area contributed by atoms with Gasteiger partial charge in [-0.05, 0) is 55.9 Å². The van der Waals surface area contributed by atoms with Crippen molar-refractivity contribution in [2.24, 2.45) is 5.92 Å². The Kier molecular flexibility index (Phi) is 9.39. The van der Waals surface area contributed by atoms with E-state index in [1.807, 2.05) is 24.3 Å². The number of hydrogen-bond acceptors (Lipinski definition) is 4. The maximum Gasteiger partial charge on any atom is 0.159 e. The zero-order chi connectivity index (χ0) is 19.3. The Morgan fingerprint density at radius 2 is 1.67 bits per heavy atom. The quantitative estimate of drug-likeness (QED) is 0.336. The van der Waals surface area contributed by atoms with E-state index in [1.54, 1.807) is 12.4 Å². The Morgan fingerprint density at radius 1 is 0.926 bits per heavy atom. The van der Waals surface area contributed by atoms with Crippen LogP contribution in [0.15, 0.2) is 48.8 Å². The summed E-state index contributed by atoms with van der Waals surface area (Å²) < 4.78 is 11.5. The van der Waals surface area contributed by atoms with E-state index < -0.39 is 0 Å². The molecule has 0 spiro atoms. The van der Waals surface area contributed by atoms with Crippen molar-refractivity contribution in [3.63, 3.8) is 0 Å². The van der Waals surface area contributed by atoms with E-state index in [4.69, 9.17) is 9.47 Å². The topological polar surface area (TPSA) is 44.2 Å². The van der Waals surface area contributed by atoms with Crippen molar-refractivity contribution in [3.05, 3.63) is 48.8 Å². The molecule has 0 aliphatic carbocycles. The van der Waals surface area contributed by atoms with E-state index in [-0.39, 0.29) is 0 Å². The lowest BCUT2D eigenvalue weighted by atomic mass is 10.1. The highest BCUT2D eigenvalue weighted by molar-refractivity contribution is 5.56. The van der Waals surface area contributed by atoms with Crippen molar-refractivity contribution in [3.8, 4) is 22.9 Å². The SMILES string of the molecule is CC/C=C\CCCCOc1ccc(-c2ncc(OC[C@@H](C)CC)cn2)cc1. The van der Waals surface area contributed by atoms with E-state index in [2.05, 4.69) is 42.9 Å². The zero-order valence-electron chi connectivity index (χ0n) is 16.9. The molecule has 1 atom stereocenters. The van der Waals surface area contributed by atoms with Gasteiger partial charge in [-0.3, -0.25) is 0 Å². The number of hydrogen-bond donors (Lipinski definition) is 0. The molecule has 0 bridgehead atoms. The van der Waals surface area contributed by atoms with Gasteiger partial charge in [0.05, 0.1) is 25.6 Å². The molecule has 0 N–H and O–H groups in total. The fourth-order valence-corrected chi connectivity index (χ4v) is 2.44. The van der Waals surface area contributed by atoms with Crippen molar-refractivity contribution < 1.29 is 9.47 Å². The molecule has 4 heteroatoms. The fourth-order valence-electron chi connectivity index (χ4n) is 2.44. The molecule has 1 heterocycles. The lowest BCUT2D eigenvalue weighted by molar-refractivity contribution is 0.255. The first-order valence-electron chi connectivity index (χ1n) is 10.1. The largest absolute Gasteiger partial charge is 0.494 e. The highest BCUT2D eigenvalue weighted by Crippen LogP contribution is 2.21. The van der Waals surface area contributed by atoms with Crippen LogP contribution in [-0.4, -0.2) is 23.2 Å². The number of ether oxygens (including phenoxy) is 2. The molecule has 1 aromatic heterocycles. The van der Waals surface area contributed by atoms with Gasteiger partial charge in [0.1, 0.15) is 5.75 Å². The van der Waals surface area contributed by atoms with Crippen LogP contribution in [0.25, 0.3) is 11.4 Å². The van der Waals surface area contributed by atoms with Gasteiger partial charge in [0, 0.05) is 5.56 Å². The van der Waals surface area contributed by atoms with Crippen LogP contribution in [0.4, 0.5) is 0 Å². The Balaban J connectivity index is 1.78. The van der Waals surface area contributed by atoms with E-state index in [1.165, 1.54) is 0 Å². The summed E-state index contributed by atoms with van der Waals surface area (Å²) in [5.41, 5.74) is 0.973. The third-order valence-corrected chi connectivity index (χ3v) is 4.41. The molecule has 27 heavy (non-hydrogen) atoms. The van der Waals surface area contributed by atoms with E-state index >= 15 is 0 Å². The van der Waals surface area contributed by atoms with Crippen LogP contribution in [0.5, 0.6) is 11.5 Å². The summed E-state index contributed by atoms with van der Waals surface area (Å²) in [6, 6.07) is 7.94. The van der Waals surface area contributed by atoms with Gasteiger partial charge < -0.3 is 9.47 Å². The molecule has 0 fully saturated rings. The minimum atomic E-state index is 0.532. The first-order valence-corrected chi connectivity index (χ1v) is 10.1. The highest BCUT2D eigenvalue weighted by Gasteiger charge is 2.05. The minimum absolute atomic E-state index is 0.532. The molecule has 0 amide bonds. The second-order valence-electron chi connectivity index (χ2n) is 6.82. The number of rotatable bonds is 12. The van der Waals surface area contributed by atoms with Gasteiger partial charge in [0.15, 0.2) is 11.6 Å². The molecular weight excluding hydrogens is 336 g/mol. The molecule has 0 saturated carbocycles.